The van der Waals surface area contributed by atoms with Gasteiger partial charge in [0.05, 0.1) is 18.7 Å². The Morgan fingerprint density at radius 1 is 0.972 bits per heavy atom. The van der Waals surface area contributed by atoms with Crippen molar-refractivity contribution in [1.82, 2.24) is 4.90 Å². The van der Waals surface area contributed by atoms with Gasteiger partial charge in [-0.05, 0) is 53.6 Å². The molecule has 1 fully saturated rings. The molecule has 3 aromatic rings. The van der Waals surface area contributed by atoms with Crippen molar-refractivity contribution in [3.05, 3.63) is 106 Å². The Hall–Kier alpha value is -3.86. The third-order valence-corrected chi connectivity index (χ3v) is 6.82. The lowest BCUT2D eigenvalue weighted by Gasteiger charge is -2.27. The SMILES string of the molecule is COc1cccc(/C(O)=C2/C(=O)C(=O)N(Cc3cc(C)ccc3C)C2c2ccc(C(C)(C)C)cc2)c1. The molecule has 0 radical (unpaired) electrons. The minimum atomic E-state index is -0.717. The average Bonchev–Trinajstić information content (AvgIpc) is 3.10. The van der Waals surface area contributed by atoms with E-state index in [-0.39, 0.29) is 23.3 Å². The highest BCUT2D eigenvalue weighted by molar-refractivity contribution is 6.46. The molecule has 186 valence electrons. The normalized spacial score (nSPS) is 17.5. The molecule has 1 saturated heterocycles. The maximum Gasteiger partial charge on any atom is 0.295 e. The maximum absolute atomic E-state index is 13.4. The maximum atomic E-state index is 13.4. The Kier molecular flexibility index (Phi) is 6.77. The van der Waals surface area contributed by atoms with Gasteiger partial charge >= 0.3 is 0 Å². The van der Waals surface area contributed by atoms with Gasteiger partial charge in [0.2, 0.25) is 0 Å². The van der Waals surface area contributed by atoms with Gasteiger partial charge in [-0.15, -0.1) is 0 Å². The zero-order valence-corrected chi connectivity index (χ0v) is 21.8. The summed E-state index contributed by atoms with van der Waals surface area (Å²) in [5.41, 5.74) is 5.47. The summed E-state index contributed by atoms with van der Waals surface area (Å²) in [5, 5.41) is 11.4. The number of ketones is 1. The largest absolute Gasteiger partial charge is 0.507 e. The standard InChI is InChI=1S/C31H33NO4/c1-19-10-11-20(2)23(16-19)18-32-27(21-12-14-24(15-13-21)31(3,4)5)26(29(34)30(32)35)28(33)22-8-7-9-25(17-22)36-6/h7-17,27,33H,18H2,1-6H3/b28-26-. The van der Waals surface area contributed by atoms with Gasteiger partial charge in [0.15, 0.2) is 0 Å². The first kappa shape index (κ1) is 25.2. The lowest BCUT2D eigenvalue weighted by Crippen LogP contribution is -2.29. The highest BCUT2D eigenvalue weighted by Gasteiger charge is 2.46. The fourth-order valence-corrected chi connectivity index (χ4v) is 4.64. The number of methoxy groups -OCH3 is 1. The fraction of sp³-hybridized carbons (Fsp3) is 0.290. The molecule has 5 nitrogen and oxygen atoms in total. The number of carbonyl (C=O) groups is 2. The zero-order chi connectivity index (χ0) is 26.2. The number of carbonyl (C=O) groups excluding carboxylic acids is 2. The summed E-state index contributed by atoms with van der Waals surface area (Å²) in [6.45, 7) is 10.7. The highest BCUT2D eigenvalue weighted by Crippen LogP contribution is 2.41. The number of benzene rings is 3. The van der Waals surface area contributed by atoms with Gasteiger partial charge in [-0.1, -0.05) is 80.9 Å². The molecule has 1 heterocycles. The van der Waals surface area contributed by atoms with Crippen molar-refractivity contribution in [2.45, 2.75) is 52.6 Å². The van der Waals surface area contributed by atoms with E-state index < -0.39 is 17.7 Å². The van der Waals surface area contributed by atoms with E-state index in [2.05, 4.69) is 20.8 Å². The number of Topliss-reactive ketones (excluding diaryl/α,β-unsaturated/α-hetero) is 1. The van der Waals surface area contributed by atoms with E-state index in [1.807, 2.05) is 56.3 Å². The highest BCUT2D eigenvalue weighted by atomic mass is 16.5. The van der Waals surface area contributed by atoms with E-state index >= 15 is 0 Å². The van der Waals surface area contributed by atoms with Crippen molar-refractivity contribution >= 4 is 17.4 Å². The summed E-state index contributed by atoms with van der Waals surface area (Å²) < 4.78 is 5.30. The third kappa shape index (κ3) is 4.78. The Balaban J connectivity index is 1.88. The van der Waals surface area contributed by atoms with Crippen LogP contribution in [0.5, 0.6) is 5.75 Å². The van der Waals surface area contributed by atoms with Crippen LogP contribution in [0.15, 0.2) is 72.3 Å². The molecule has 3 aromatic carbocycles. The van der Waals surface area contributed by atoms with Crippen molar-refractivity contribution < 1.29 is 19.4 Å². The van der Waals surface area contributed by atoms with Crippen molar-refractivity contribution in [3.8, 4) is 5.75 Å². The molecule has 1 N–H and O–H groups in total. The monoisotopic (exact) mass is 483 g/mol. The van der Waals surface area contributed by atoms with Crippen LogP contribution >= 0.6 is 0 Å². The molecule has 0 bridgehead atoms. The summed E-state index contributed by atoms with van der Waals surface area (Å²) in [7, 11) is 1.54. The first-order valence-electron chi connectivity index (χ1n) is 12.1. The molecule has 1 amide bonds. The van der Waals surface area contributed by atoms with E-state index in [0.29, 0.717) is 11.3 Å². The molecule has 0 spiro atoms. The van der Waals surface area contributed by atoms with Crippen LogP contribution in [0.25, 0.3) is 5.76 Å². The minimum Gasteiger partial charge on any atom is -0.507 e. The van der Waals surface area contributed by atoms with Gasteiger partial charge < -0.3 is 14.7 Å². The van der Waals surface area contributed by atoms with E-state index in [4.69, 9.17) is 4.74 Å². The molecule has 5 heteroatoms. The molecule has 1 unspecified atom stereocenters. The van der Waals surface area contributed by atoms with Gasteiger partial charge in [0.25, 0.3) is 11.7 Å². The quantitative estimate of drug-likeness (QED) is 0.265. The van der Waals surface area contributed by atoms with Crippen LogP contribution in [0.1, 0.15) is 60.2 Å². The second-order valence-electron chi connectivity index (χ2n) is 10.5. The number of amides is 1. The van der Waals surface area contributed by atoms with E-state index in [1.165, 1.54) is 0 Å². The van der Waals surface area contributed by atoms with Crippen LogP contribution in [0.4, 0.5) is 0 Å². The first-order chi connectivity index (χ1) is 17.0. The molecule has 1 aliphatic heterocycles. The number of ether oxygens (including phenoxy) is 1. The lowest BCUT2D eigenvalue weighted by molar-refractivity contribution is -0.140. The Morgan fingerprint density at radius 3 is 2.31 bits per heavy atom. The fourth-order valence-electron chi connectivity index (χ4n) is 4.64. The Bertz CT molecular complexity index is 1350. The second kappa shape index (κ2) is 9.65. The summed E-state index contributed by atoms with van der Waals surface area (Å²) in [4.78, 5) is 28.4. The molecule has 4 rings (SSSR count). The van der Waals surface area contributed by atoms with Crippen LogP contribution < -0.4 is 4.74 Å². The number of aliphatic hydroxyl groups excluding tert-OH is 1. The van der Waals surface area contributed by atoms with Gasteiger partial charge in [0.1, 0.15) is 11.5 Å². The predicted octanol–water partition coefficient (Wildman–Crippen LogP) is 6.23. The van der Waals surface area contributed by atoms with E-state index in [9.17, 15) is 14.7 Å². The van der Waals surface area contributed by atoms with Crippen molar-refractivity contribution in [2.75, 3.05) is 7.11 Å². The lowest BCUT2D eigenvalue weighted by atomic mass is 9.85. The number of nitrogens with zero attached hydrogens (tertiary/aromatic N) is 1. The van der Waals surface area contributed by atoms with Gasteiger partial charge in [-0.25, -0.2) is 0 Å². The molecule has 36 heavy (non-hydrogen) atoms. The van der Waals surface area contributed by atoms with Crippen LogP contribution in [0.3, 0.4) is 0 Å². The first-order valence-corrected chi connectivity index (χ1v) is 12.1. The third-order valence-electron chi connectivity index (χ3n) is 6.82. The Labute approximate surface area is 213 Å². The molecular formula is C31H33NO4. The predicted molar refractivity (Wildman–Crippen MR) is 142 cm³/mol. The van der Waals surface area contributed by atoms with Gasteiger partial charge in [-0.2, -0.15) is 0 Å². The van der Waals surface area contributed by atoms with Crippen molar-refractivity contribution in [3.63, 3.8) is 0 Å². The average molecular weight is 484 g/mol. The number of aryl methyl sites for hydroxylation is 2. The van der Waals surface area contributed by atoms with Crippen LogP contribution in [-0.4, -0.2) is 28.8 Å². The topological polar surface area (TPSA) is 66.8 Å². The van der Waals surface area contributed by atoms with Gasteiger partial charge in [-0.3, -0.25) is 9.59 Å². The smallest absolute Gasteiger partial charge is 0.295 e. The molecule has 1 atom stereocenters. The summed E-state index contributed by atoms with van der Waals surface area (Å²) in [6, 6.07) is 20.2. The number of hydrogen-bond donors (Lipinski definition) is 1. The number of hydrogen-bond acceptors (Lipinski definition) is 4. The van der Waals surface area contributed by atoms with Crippen LogP contribution in [0, 0.1) is 13.8 Å². The molecule has 0 aliphatic carbocycles. The Morgan fingerprint density at radius 2 is 1.67 bits per heavy atom. The minimum absolute atomic E-state index is 0.0421. The molecular weight excluding hydrogens is 450 g/mol. The number of aliphatic hydroxyl groups is 1. The number of rotatable bonds is 5. The van der Waals surface area contributed by atoms with Crippen LogP contribution in [0.2, 0.25) is 0 Å². The van der Waals surface area contributed by atoms with Crippen molar-refractivity contribution in [2.24, 2.45) is 0 Å². The summed E-state index contributed by atoms with van der Waals surface area (Å²) in [6.07, 6.45) is 0. The number of likely N-dealkylation sites (tertiary alicyclic amines) is 1. The van der Waals surface area contributed by atoms with E-state index in [1.54, 1.807) is 36.3 Å². The molecule has 0 saturated carbocycles. The van der Waals surface area contributed by atoms with E-state index in [0.717, 1.165) is 27.8 Å². The second-order valence-corrected chi connectivity index (χ2v) is 10.5. The summed E-state index contributed by atoms with van der Waals surface area (Å²) >= 11 is 0. The van der Waals surface area contributed by atoms with Crippen molar-refractivity contribution in [1.29, 1.82) is 0 Å². The molecule has 0 aromatic heterocycles. The van der Waals surface area contributed by atoms with Gasteiger partial charge in [0, 0.05) is 12.1 Å². The zero-order valence-electron chi connectivity index (χ0n) is 21.8. The molecule has 1 aliphatic rings. The van der Waals surface area contributed by atoms with Crippen LogP contribution in [-0.2, 0) is 21.5 Å². The summed E-state index contributed by atoms with van der Waals surface area (Å²) in [5.74, 6) is -0.967.